The van der Waals surface area contributed by atoms with E-state index in [2.05, 4.69) is 4.98 Å². The summed E-state index contributed by atoms with van der Waals surface area (Å²) in [7, 11) is 3.52. The minimum Gasteiger partial charge on any atom is -0.477 e. The molecular formula is C11H18N2O3S. The van der Waals surface area contributed by atoms with E-state index in [0.29, 0.717) is 23.7 Å². The molecule has 0 aliphatic heterocycles. The van der Waals surface area contributed by atoms with Crippen molar-refractivity contribution in [1.29, 1.82) is 0 Å². The van der Waals surface area contributed by atoms with Crippen LogP contribution in [0.2, 0.25) is 0 Å². The summed E-state index contributed by atoms with van der Waals surface area (Å²) >= 11 is 1.21. The number of methoxy groups -OCH3 is 1. The SMILES string of the molecule is COCCN(C)c1nc(C(C)C)c(C(=O)O)s1. The van der Waals surface area contributed by atoms with Crippen molar-refractivity contribution in [3.05, 3.63) is 10.6 Å². The average Bonchev–Trinajstić information content (AvgIpc) is 2.70. The number of hydrogen-bond acceptors (Lipinski definition) is 5. The molecule has 1 aromatic rings. The number of aromatic nitrogens is 1. The lowest BCUT2D eigenvalue weighted by molar-refractivity contribution is 0.0700. The number of carboxylic acids is 1. The molecule has 0 saturated heterocycles. The van der Waals surface area contributed by atoms with Crippen LogP contribution in [-0.2, 0) is 4.74 Å². The number of nitrogens with zero attached hydrogens (tertiary/aromatic N) is 2. The van der Waals surface area contributed by atoms with E-state index in [9.17, 15) is 4.79 Å². The van der Waals surface area contributed by atoms with Gasteiger partial charge >= 0.3 is 5.97 Å². The third-order valence-electron chi connectivity index (χ3n) is 2.34. The van der Waals surface area contributed by atoms with E-state index in [4.69, 9.17) is 9.84 Å². The zero-order valence-electron chi connectivity index (χ0n) is 10.6. The van der Waals surface area contributed by atoms with Crippen molar-refractivity contribution in [2.24, 2.45) is 0 Å². The van der Waals surface area contributed by atoms with Crippen LogP contribution in [0.4, 0.5) is 5.13 Å². The summed E-state index contributed by atoms with van der Waals surface area (Å²) in [6.07, 6.45) is 0. The highest BCUT2D eigenvalue weighted by atomic mass is 32.1. The van der Waals surface area contributed by atoms with E-state index >= 15 is 0 Å². The molecule has 0 aromatic carbocycles. The van der Waals surface area contributed by atoms with Crippen LogP contribution in [0.15, 0.2) is 0 Å². The van der Waals surface area contributed by atoms with Gasteiger partial charge in [-0.25, -0.2) is 9.78 Å². The van der Waals surface area contributed by atoms with Gasteiger partial charge in [0.25, 0.3) is 0 Å². The molecular weight excluding hydrogens is 240 g/mol. The van der Waals surface area contributed by atoms with Gasteiger partial charge in [0.05, 0.1) is 12.3 Å². The predicted molar refractivity (Wildman–Crippen MR) is 68.3 cm³/mol. The number of aromatic carboxylic acids is 1. The Morgan fingerprint density at radius 1 is 1.59 bits per heavy atom. The maximum absolute atomic E-state index is 11.1. The lowest BCUT2D eigenvalue weighted by atomic mass is 10.1. The normalized spacial score (nSPS) is 10.9. The molecule has 0 amide bonds. The first-order valence-electron chi connectivity index (χ1n) is 5.41. The van der Waals surface area contributed by atoms with E-state index in [0.717, 1.165) is 5.13 Å². The summed E-state index contributed by atoms with van der Waals surface area (Å²) < 4.78 is 4.98. The Kier molecular flexibility index (Phi) is 4.89. The molecule has 1 heterocycles. The van der Waals surface area contributed by atoms with Gasteiger partial charge in [-0.2, -0.15) is 0 Å². The second kappa shape index (κ2) is 5.97. The lowest BCUT2D eigenvalue weighted by Gasteiger charge is -2.14. The smallest absolute Gasteiger partial charge is 0.347 e. The van der Waals surface area contributed by atoms with E-state index in [1.54, 1.807) is 7.11 Å². The first kappa shape index (κ1) is 13.9. The first-order valence-corrected chi connectivity index (χ1v) is 6.23. The maximum atomic E-state index is 11.1. The third-order valence-corrected chi connectivity index (χ3v) is 3.51. The Labute approximate surface area is 105 Å². The number of ether oxygens (including phenoxy) is 1. The fraction of sp³-hybridized carbons (Fsp3) is 0.636. The van der Waals surface area contributed by atoms with Crippen molar-refractivity contribution in [3.63, 3.8) is 0 Å². The van der Waals surface area contributed by atoms with Crippen LogP contribution in [0.5, 0.6) is 0 Å². The van der Waals surface area contributed by atoms with Crippen molar-refractivity contribution in [3.8, 4) is 0 Å². The highest BCUT2D eigenvalue weighted by Crippen LogP contribution is 2.30. The Hall–Kier alpha value is -1.14. The van der Waals surface area contributed by atoms with Crippen LogP contribution in [0.1, 0.15) is 35.1 Å². The van der Waals surface area contributed by atoms with Crippen molar-refractivity contribution in [2.45, 2.75) is 19.8 Å². The minimum atomic E-state index is -0.905. The molecule has 0 fully saturated rings. The number of rotatable bonds is 6. The number of carboxylic acid groups (broad SMARTS) is 1. The van der Waals surface area contributed by atoms with Gasteiger partial charge in [0, 0.05) is 20.7 Å². The van der Waals surface area contributed by atoms with Crippen molar-refractivity contribution >= 4 is 22.4 Å². The molecule has 0 radical (unpaired) electrons. The lowest BCUT2D eigenvalue weighted by Crippen LogP contribution is -2.21. The van der Waals surface area contributed by atoms with Gasteiger partial charge in [0.1, 0.15) is 4.88 Å². The van der Waals surface area contributed by atoms with Crippen LogP contribution in [0.3, 0.4) is 0 Å². The Morgan fingerprint density at radius 2 is 2.24 bits per heavy atom. The Bertz CT molecular complexity index is 390. The minimum absolute atomic E-state index is 0.113. The van der Waals surface area contributed by atoms with E-state index in [1.165, 1.54) is 11.3 Å². The van der Waals surface area contributed by atoms with Gasteiger partial charge in [-0.3, -0.25) is 0 Å². The quantitative estimate of drug-likeness (QED) is 0.846. The Balaban J connectivity index is 2.95. The second-order valence-corrected chi connectivity index (χ2v) is 5.06. The largest absolute Gasteiger partial charge is 0.477 e. The van der Waals surface area contributed by atoms with Gasteiger partial charge in [-0.15, -0.1) is 0 Å². The van der Waals surface area contributed by atoms with E-state index < -0.39 is 5.97 Å². The molecule has 1 N–H and O–H groups in total. The van der Waals surface area contributed by atoms with Crippen LogP contribution in [0.25, 0.3) is 0 Å². The van der Waals surface area contributed by atoms with Crippen molar-refractivity contribution in [2.75, 3.05) is 32.2 Å². The molecule has 6 heteroatoms. The summed E-state index contributed by atoms with van der Waals surface area (Å²) in [5.74, 6) is -0.792. The molecule has 96 valence electrons. The van der Waals surface area contributed by atoms with Crippen LogP contribution in [0, 0.1) is 0 Å². The molecule has 0 spiro atoms. The molecule has 0 bridgehead atoms. The number of hydrogen-bond donors (Lipinski definition) is 1. The van der Waals surface area contributed by atoms with Crippen molar-refractivity contribution < 1.29 is 14.6 Å². The molecule has 0 atom stereocenters. The van der Waals surface area contributed by atoms with Gasteiger partial charge in [-0.1, -0.05) is 25.2 Å². The molecule has 1 aromatic heterocycles. The fourth-order valence-electron chi connectivity index (χ4n) is 1.35. The van der Waals surface area contributed by atoms with Crippen LogP contribution >= 0.6 is 11.3 Å². The van der Waals surface area contributed by atoms with Crippen molar-refractivity contribution in [1.82, 2.24) is 4.98 Å². The first-order chi connectivity index (χ1) is 7.97. The monoisotopic (exact) mass is 258 g/mol. The van der Waals surface area contributed by atoms with Crippen LogP contribution < -0.4 is 4.90 Å². The van der Waals surface area contributed by atoms with Gasteiger partial charge in [-0.05, 0) is 5.92 Å². The molecule has 1 rings (SSSR count). The summed E-state index contributed by atoms with van der Waals surface area (Å²) in [5, 5.41) is 9.84. The third kappa shape index (κ3) is 3.41. The van der Waals surface area contributed by atoms with Crippen LogP contribution in [-0.4, -0.2) is 43.4 Å². The standard InChI is InChI=1S/C11H18N2O3S/c1-7(2)8-9(10(14)15)17-11(12-8)13(3)5-6-16-4/h7H,5-6H2,1-4H3,(H,14,15). The zero-order chi connectivity index (χ0) is 13.0. The number of carbonyl (C=O) groups is 1. The van der Waals surface area contributed by atoms with E-state index in [1.807, 2.05) is 25.8 Å². The fourth-order valence-corrected chi connectivity index (χ4v) is 2.40. The van der Waals surface area contributed by atoms with Gasteiger partial charge in [0.2, 0.25) is 0 Å². The summed E-state index contributed by atoms with van der Waals surface area (Å²) in [5.41, 5.74) is 0.654. The summed E-state index contributed by atoms with van der Waals surface area (Å²) in [6.45, 7) is 5.18. The number of likely N-dealkylation sites (N-methyl/N-ethyl adjacent to an activating group) is 1. The number of anilines is 1. The molecule has 17 heavy (non-hydrogen) atoms. The number of thiazole rings is 1. The Morgan fingerprint density at radius 3 is 2.65 bits per heavy atom. The summed E-state index contributed by atoms with van der Waals surface area (Å²) in [6, 6.07) is 0. The molecule has 0 saturated carbocycles. The predicted octanol–water partition coefficient (Wildman–Crippen LogP) is 2.05. The summed E-state index contributed by atoms with van der Waals surface area (Å²) in [4.78, 5) is 17.7. The highest BCUT2D eigenvalue weighted by Gasteiger charge is 2.20. The molecule has 0 unspecified atom stereocenters. The zero-order valence-corrected chi connectivity index (χ0v) is 11.4. The van der Waals surface area contributed by atoms with Gasteiger partial charge in [0.15, 0.2) is 5.13 Å². The second-order valence-electron chi connectivity index (χ2n) is 4.09. The highest BCUT2D eigenvalue weighted by molar-refractivity contribution is 7.17. The molecule has 5 nitrogen and oxygen atoms in total. The maximum Gasteiger partial charge on any atom is 0.347 e. The average molecular weight is 258 g/mol. The van der Waals surface area contributed by atoms with E-state index in [-0.39, 0.29) is 5.92 Å². The topological polar surface area (TPSA) is 62.7 Å². The molecule has 0 aliphatic rings. The van der Waals surface area contributed by atoms with Gasteiger partial charge < -0.3 is 14.7 Å². The molecule has 0 aliphatic carbocycles.